The van der Waals surface area contributed by atoms with Crippen molar-refractivity contribution in [1.82, 2.24) is 24.1 Å². The molecule has 2 rings (SSSR count). The molecule has 1 aromatic rings. The molecular weight excluding hydrogens is 630 g/mol. The lowest BCUT2D eigenvalue weighted by Gasteiger charge is -2.41. The van der Waals surface area contributed by atoms with E-state index >= 15 is 0 Å². The number of hydrogen-bond acceptors (Lipinski definition) is 10. The van der Waals surface area contributed by atoms with E-state index in [4.69, 9.17) is 23.2 Å². The van der Waals surface area contributed by atoms with Gasteiger partial charge in [0.15, 0.2) is 5.70 Å². The van der Waals surface area contributed by atoms with E-state index in [1.807, 2.05) is 0 Å². The van der Waals surface area contributed by atoms with Crippen LogP contribution in [0.4, 0.5) is 19.4 Å². The van der Waals surface area contributed by atoms with Crippen molar-refractivity contribution < 1.29 is 41.5 Å². The van der Waals surface area contributed by atoms with Crippen LogP contribution in [0.3, 0.4) is 0 Å². The monoisotopic (exact) mass is 650 g/mol. The predicted molar refractivity (Wildman–Crippen MR) is 132 cm³/mol. The van der Waals surface area contributed by atoms with Crippen LogP contribution in [0.25, 0.3) is 5.70 Å². The SMILES string of the molecule is CN(C)CCNC1=CN(O)C(c2c(Cl)cc(S(F)(F)(F)(F)F)cc2Cl)=C(C#N)N1N(S(C)(=O)=O)S(C)(=O)=O. The normalized spacial score (nSPS) is 17.3. The second-order valence-electron chi connectivity index (χ2n) is 8.14. The first kappa shape index (κ1) is 32.2. The van der Waals surface area contributed by atoms with Gasteiger partial charge in [0.1, 0.15) is 22.5 Å². The van der Waals surface area contributed by atoms with Crippen LogP contribution < -0.4 is 5.32 Å². The molecular formula is C17H21Cl2F5N6O5S3. The second kappa shape index (κ2) is 9.55. The molecule has 21 heteroatoms. The summed E-state index contributed by atoms with van der Waals surface area (Å²) in [5, 5.41) is 21.4. The lowest BCUT2D eigenvalue weighted by molar-refractivity contribution is 0.0112. The standard InChI is InChI=1S/C17H21Cl2F5N6O5S3/c1-27(2)6-5-26-15-10-28(31)17(14(9-25)29(15)30(36(3,32)33)37(4,34)35)16-12(18)7-11(8-13(16)19)38(20,21,22,23)24/h7-8,10,26,31H,5-6H2,1-4H3. The number of rotatable bonds is 9. The van der Waals surface area contributed by atoms with Gasteiger partial charge in [-0.2, -0.15) is 5.26 Å². The Kier molecular flexibility index (Phi) is 8.08. The van der Waals surface area contributed by atoms with Gasteiger partial charge in [-0.05, 0) is 26.2 Å². The van der Waals surface area contributed by atoms with E-state index in [1.165, 1.54) is 6.07 Å². The minimum Gasteiger partial charge on any atom is -0.368 e. The van der Waals surface area contributed by atoms with E-state index in [2.05, 4.69) is 5.32 Å². The second-order valence-corrected chi connectivity index (χ2v) is 15.2. The number of nitrogens with one attached hydrogen (secondary N) is 1. The van der Waals surface area contributed by atoms with Crippen LogP contribution in [0.2, 0.25) is 10.0 Å². The molecule has 1 aliphatic heterocycles. The Labute approximate surface area is 225 Å². The summed E-state index contributed by atoms with van der Waals surface area (Å²) in [5.74, 6) is -0.485. The molecule has 38 heavy (non-hydrogen) atoms. The van der Waals surface area contributed by atoms with Crippen LogP contribution in [-0.2, 0) is 20.0 Å². The van der Waals surface area contributed by atoms with Crippen molar-refractivity contribution in [1.29, 1.82) is 5.26 Å². The third kappa shape index (κ3) is 7.12. The number of nitrogens with zero attached hydrogens (tertiary/aromatic N) is 5. The minimum absolute atomic E-state index is 0.0126. The molecule has 0 bridgehead atoms. The molecule has 0 fully saturated rings. The van der Waals surface area contributed by atoms with Crippen LogP contribution in [0.15, 0.2) is 34.7 Å². The molecule has 1 heterocycles. The third-order valence-corrected chi connectivity index (χ3v) is 9.35. The molecule has 1 aliphatic rings. The van der Waals surface area contributed by atoms with Gasteiger partial charge in [0.05, 0.1) is 28.8 Å². The highest BCUT2D eigenvalue weighted by Gasteiger charge is 2.65. The Morgan fingerprint density at radius 1 is 1.05 bits per heavy atom. The number of allylic oxidation sites excluding steroid dienone is 1. The summed E-state index contributed by atoms with van der Waals surface area (Å²) in [4.78, 5) is -0.801. The molecule has 0 amide bonds. The lowest BCUT2D eigenvalue weighted by atomic mass is 10.1. The summed E-state index contributed by atoms with van der Waals surface area (Å²) in [7, 11) is -16.4. The molecule has 0 spiro atoms. The number of hydrogen-bond donors (Lipinski definition) is 2. The number of hydrazine groups is 1. The van der Waals surface area contributed by atoms with E-state index in [1.54, 1.807) is 19.0 Å². The van der Waals surface area contributed by atoms with Crippen molar-refractivity contribution in [2.45, 2.75) is 4.90 Å². The number of benzene rings is 1. The quantitative estimate of drug-likeness (QED) is 0.378. The summed E-state index contributed by atoms with van der Waals surface area (Å²) in [5.41, 5.74) is -2.73. The molecule has 0 saturated carbocycles. The number of hydroxylamine groups is 2. The zero-order chi connectivity index (χ0) is 29.7. The number of halogens is 7. The van der Waals surface area contributed by atoms with Gasteiger partial charge >= 0.3 is 10.2 Å². The lowest BCUT2D eigenvalue weighted by Crippen LogP contribution is -2.52. The fourth-order valence-electron chi connectivity index (χ4n) is 3.14. The van der Waals surface area contributed by atoms with Crippen LogP contribution in [0.5, 0.6) is 0 Å². The van der Waals surface area contributed by atoms with Crippen molar-refractivity contribution in [3.05, 3.63) is 45.5 Å². The highest BCUT2D eigenvalue weighted by atomic mass is 35.5. The zero-order valence-corrected chi connectivity index (χ0v) is 23.8. The average Bonchev–Trinajstić information content (AvgIpc) is 2.66. The maximum atomic E-state index is 13.3. The summed E-state index contributed by atoms with van der Waals surface area (Å²) >= 11 is 11.7. The molecule has 0 atom stereocenters. The average molecular weight is 651 g/mol. The van der Waals surface area contributed by atoms with E-state index in [0.717, 1.165) is 0 Å². The van der Waals surface area contributed by atoms with E-state index in [0.29, 0.717) is 30.3 Å². The van der Waals surface area contributed by atoms with Crippen molar-refractivity contribution >= 4 is 59.2 Å². The molecule has 2 N–H and O–H groups in total. The molecule has 216 valence electrons. The third-order valence-electron chi connectivity index (χ3n) is 4.54. The van der Waals surface area contributed by atoms with Crippen LogP contribution in [0, 0.1) is 11.3 Å². The minimum atomic E-state index is -10.3. The Morgan fingerprint density at radius 2 is 1.53 bits per heavy atom. The summed E-state index contributed by atoms with van der Waals surface area (Å²) in [6, 6.07) is 1.08. The molecule has 11 nitrogen and oxygen atoms in total. The smallest absolute Gasteiger partial charge is 0.310 e. The van der Waals surface area contributed by atoms with E-state index in [9.17, 15) is 46.7 Å². The number of likely N-dealkylation sites (N-methyl/N-ethyl adjacent to an activating group) is 1. The van der Waals surface area contributed by atoms with Gasteiger partial charge in [0.2, 0.25) is 20.0 Å². The Bertz CT molecular complexity index is 1420. The van der Waals surface area contributed by atoms with Crippen molar-refractivity contribution in [2.75, 3.05) is 39.7 Å². The van der Waals surface area contributed by atoms with Gasteiger partial charge in [-0.15, -0.1) is 0 Å². The highest BCUT2D eigenvalue weighted by molar-refractivity contribution is 8.45. The maximum Gasteiger partial charge on any atom is 0.310 e. The summed E-state index contributed by atoms with van der Waals surface area (Å²) < 4.78 is 117. The van der Waals surface area contributed by atoms with E-state index in [-0.39, 0.29) is 27.6 Å². The number of nitriles is 1. The first-order valence-corrected chi connectivity index (χ1v) is 16.2. The molecule has 0 radical (unpaired) electrons. The molecule has 1 aromatic carbocycles. The Hall–Kier alpha value is -2.05. The van der Waals surface area contributed by atoms with Crippen molar-refractivity contribution in [2.24, 2.45) is 0 Å². The summed E-state index contributed by atoms with van der Waals surface area (Å²) in [6.07, 6.45) is 1.64. The maximum absolute atomic E-state index is 13.3. The molecule has 0 unspecified atom stereocenters. The van der Waals surface area contributed by atoms with Gasteiger partial charge < -0.3 is 10.2 Å². The first-order chi connectivity index (χ1) is 16.8. The van der Waals surface area contributed by atoms with Gasteiger partial charge in [0, 0.05) is 22.5 Å². The predicted octanol–water partition coefficient (Wildman–Crippen LogP) is 3.94. The Balaban J connectivity index is 2.95. The zero-order valence-electron chi connectivity index (χ0n) is 19.8. The highest BCUT2D eigenvalue weighted by Crippen LogP contribution is 3.02. The topological polar surface area (TPSA) is 137 Å². The summed E-state index contributed by atoms with van der Waals surface area (Å²) in [6.45, 7) is 0.305. The molecule has 0 aromatic heterocycles. The van der Waals surface area contributed by atoms with E-state index < -0.39 is 68.0 Å². The van der Waals surface area contributed by atoms with Crippen molar-refractivity contribution in [3.8, 4) is 6.07 Å². The Morgan fingerprint density at radius 3 is 1.89 bits per heavy atom. The fourth-order valence-corrected chi connectivity index (χ4v) is 7.51. The largest absolute Gasteiger partial charge is 0.368 e. The molecule has 0 aliphatic carbocycles. The van der Waals surface area contributed by atoms with Crippen LogP contribution in [-0.4, -0.2) is 80.5 Å². The van der Waals surface area contributed by atoms with Gasteiger partial charge in [0.25, 0.3) is 0 Å². The van der Waals surface area contributed by atoms with Crippen LogP contribution >= 0.6 is 33.4 Å². The molecule has 0 saturated heterocycles. The van der Waals surface area contributed by atoms with Crippen molar-refractivity contribution in [3.63, 3.8) is 0 Å². The first-order valence-electron chi connectivity index (χ1n) is 9.76. The fraction of sp³-hybridized carbons (Fsp3) is 0.353. The number of sulfonamides is 2. The van der Waals surface area contributed by atoms with Gasteiger partial charge in [-0.3, -0.25) is 5.21 Å². The van der Waals surface area contributed by atoms with Gasteiger partial charge in [-0.1, -0.05) is 42.6 Å². The van der Waals surface area contributed by atoms with Crippen LogP contribution in [0.1, 0.15) is 5.56 Å². The van der Waals surface area contributed by atoms with Gasteiger partial charge in [-0.25, -0.2) is 26.9 Å².